The lowest BCUT2D eigenvalue weighted by molar-refractivity contribution is 0.0705. The van der Waals surface area contributed by atoms with Crippen molar-refractivity contribution in [3.8, 4) is 11.6 Å². The number of nitrogens with zero attached hydrogens (tertiary/aromatic N) is 5. The van der Waals surface area contributed by atoms with Gasteiger partial charge in [-0.15, -0.1) is 0 Å². The molecule has 8 heteroatoms. The molecule has 1 aliphatic heterocycles. The summed E-state index contributed by atoms with van der Waals surface area (Å²) in [6.07, 6.45) is 8.20. The molecule has 0 N–H and O–H groups in total. The van der Waals surface area contributed by atoms with E-state index in [9.17, 15) is 9.18 Å². The third kappa shape index (κ3) is 3.85. The van der Waals surface area contributed by atoms with Gasteiger partial charge in [0.15, 0.2) is 11.6 Å². The molecule has 0 radical (unpaired) electrons. The minimum atomic E-state index is -0.458. The van der Waals surface area contributed by atoms with E-state index in [1.54, 1.807) is 48.5 Å². The minimum Gasteiger partial charge on any atom is -0.434 e. The predicted molar refractivity (Wildman–Crippen MR) is 99.6 cm³/mol. The van der Waals surface area contributed by atoms with Crippen molar-refractivity contribution < 1.29 is 13.9 Å². The summed E-state index contributed by atoms with van der Waals surface area (Å²) in [5, 5.41) is 4.07. The molecule has 144 valence electrons. The van der Waals surface area contributed by atoms with E-state index in [1.807, 2.05) is 4.90 Å². The number of rotatable bonds is 4. The lowest BCUT2D eigenvalue weighted by atomic mass is 9.94. The van der Waals surface area contributed by atoms with E-state index < -0.39 is 5.82 Å². The molecular formula is C20H20FN5O2. The first-order chi connectivity index (χ1) is 13.6. The highest BCUT2D eigenvalue weighted by atomic mass is 19.1. The molecule has 3 heterocycles. The predicted octanol–water partition coefficient (Wildman–Crippen LogP) is 3.16. The van der Waals surface area contributed by atoms with Crippen molar-refractivity contribution in [2.75, 3.05) is 13.1 Å². The van der Waals surface area contributed by atoms with Crippen molar-refractivity contribution in [3.63, 3.8) is 0 Å². The Morgan fingerprint density at radius 1 is 1.25 bits per heavy atom. The summed E-state index contributed by atoms with van der Waals surface area (Å²) in [6, 6.07) is 6.16. The Hall–Kier alpha value is -3.29. The molecule has 3 aromatic rings. The number of piperidine rings is 1. The molecule has 2 aromatic heterocycles. The fourth-order valence-electron chi connectivity index (χ4n) is 3.37. The summed E-state index contributed by atoms with van der Waals surface area (Å²) in [6.45, 7) is 1.24. The number of carbonyl (C=O) groups excluding carboxylic acids is 1. The first-order valence-electron chi connectivity index (χ1n) is 9.12. The molecule has 28 heavy (non-hydrogen) atoms. The second kappa shape index (κ2) is 7.75. The third-order valence-corrected chi connectivity index (χ3v) is 4.76. The summed E-state index contributed by atoms with van der Waals surface area (Å²) in [4.78, 5) is 23.2. The van der Waals surface area contributed by atoms with Crippen LogP contribution in [0.15, 0.2) is 49.1 Å². The maximum atomic E-state index is 13.8. The average Bonchev–Trinajstić information content (AvgIpc) is 3.16. The van der Waals surface area contributed by atoms with E-state index >= 15 is 0 Å². The summed E-state index contributed by atoms with van der Waals surface area (Å²) in [5.74, 6) is -0.111. The summed E-state index contributed by atoms with van der Waals surface area (Å²) < 4.78 is 21.0. The Labute approximate surface area is 161 Å². The molecule has 4 rings (SSSR count). The number of likely N-dealkylation sites (tertiary alicyclic amines) is 1. The van der Waals surface area contributed by atoms with Gasteiger partial charge in [0.25, 0.3) is 5.91 Å². The Bertz CT molecular complexity index is 990. The quantitative estimate of drug-likeness (QED) is 0.694. The number of hydrogen-bond acceptors (Lipinski definition) is 5. The summed E-state index contributed by atoms with van der Waals surface area (Å²) in [7, 11) is 1.78. The van der Waals surface area contributed by atoms with Gasteiger partial charge in [0.1, 0.15) is 0 Å². The van der Waals surface area contributed by atoms with Crippen LogP contribution in [0.25, 0.3) is 0 Å². The number of aryl methyl sites for hydroxylation is 1. The zero-order valence-electron chi connectivity index (χ0n) is 15.5. The van der Waals surface area contributed by atoms with E-state index in [-0.39, 0.29) is 23.5 Å². The standard InChI is InChI=1S/C20H20FN5O2/c1-25-12-15(9-23-25)20(27)26-8-4-5-14(13-26)17-10-22-11-19(24-17)28-18-7-3-2-6-16(18)21/h2-3,6-7,9-12,14H,4-5,8,13H2,1H3. The Morgan fingerprint density at radius 2 is 2.11 bits per heavy atom. The maximum absolute atomic E-state index is 13.8. The molecule has 7 nitrogen and oxygen atoms in total. The minimum absolute atomic E-state index is 0.0375. The average molecular weight is 381 g/mol. The lowest BCUT2D eigenvalue weighted by Crippen LogP contribution is -2.39. The van der Waals surface area contributed by atoms with E-state index in [2.05, 4.69) is 15.1 Å². The summed E-state index contributed by atoms with van der Waals surface area (Å²) in [5.41, 5.74) is 1.31. The molecule has 1 saturated heterocycles. The Morgan fingerprint density at radius 3 is 2.89 bits per heavy atom. The molecule has 1 amide bonds. The molecule has 1 aliphatic rings. The zero-order valence-corrected chi connectivity index (χ0v) is 15.5. The topological polar surface area (TPSA) is 73.1 Å². The van der Waals surface area contributed by atoms with Crippen LogP contribution in [-0.4, -0.2) is 43.6 Å². The molecule has 1 aromatic carbocycles. The number of hydrogen-bond donors (Lipinski definition) is 0. The van der Waals surface area contributed by atoms with Crippen molar-refractivity contribution in [1.82, 2.24) is 24.6 Å². The van der Waals surface area contributed by atoms with Crippen molar-refractivity contribution in [3.05, 3.63) is 66.1 Å². The van der Waals surface area contributed by atoms with Gasteiger partial charge in [-0.2, -0.15) is 5.10 Å². The smallest absolute Gasteiger partial charge is 0.257 e. The summed E-state index contributed by atoms with van der Waals surface area (Å²) >= 11 is 0. The second-order valence-electron chi connectivity index (χ2n) is 6.81. The van der Waals surface area contributed by atoms with Gasteiger partial charge in [0, 0.05) is 38.4 Å². The Kier molecular flexibility index (Phi) is 5.01. The number of para-hydroxylation sites is 1. The number of carbonyl (C=O) groups is 1. The van der Waals surface area contributed by atoms with Crippen LogP contribution in [0.5, 0.6) is 11.6 Å². The molecule has 0 aliphatic carbocycles. The fourth-order valence-corrected chi connectivity index (χ4v) is 3.37. The van der Waals surface area contributed by atoms with Crippen molar-refractivity contribution >= 4 is 5.91 Å². The molecule has 1 atom stereocenters. The third-order valence-electron chi connectivity index (χ3n) is 4.76. The van der Waals surface area contributed by atoms with Gasteiger partial charge >= 0.3 is 0 Å². The van der Waals surface area contributed by atoms with Crippen LogP contribution in [0.4, 0.5) is 4.39 Å². The highest BCUT2D eigenvalue weighted by Crippen LogP contribution is 2.28. The Balaban J connectivity index is 1.49. The van der Waals surface area contributed by atoms with E-state index in [0.717, 1.165) is 18.5 Å². The fraction of sp³-hybridized carbons (Fsp3) is 0.300. The molecule has 0 bridgehead atoms. The van der Waals surface area contributed by atoms with E-state index in [0.29, 0.717) is 18.7 Å². The highest BCUT2D eigenvalue weighted by molar-refractivity contribution is 5.93. The maximum Gasteiger partial charge on any atom is 0.257 e. The highest BCUT2D eigenvalue weighted by Gasteiger charge is 2.27. The first-order valence-corrected chi connectivity index (χ1v) is 9.12. The van der Waals surface area contributed by atoms with Crippen LogP contribution >= 0.6 is 0 Å². The van der Waals surface area contributed by atoms with Crippen LogP contribution in [0.2, 0.25) is 0 Å². The molecule has 0 saturated carbocycles. The number of benzene rings is 1. The van der Waals surface area contributed by atoms with Crippen LogP contribution in [-0.2, 0) is 7.05 Å². The van der Waals surface area contributed by atoms with Gasteiger partial charge in [-0.05, 0) is 25.0 Å². The van der Waals surface area contributed by atoms with Gasteiger partial charge in [-0.3, -0.25) is 14.5 Å². The second-order valence-corrected chi connectivity index (χ2v) is 6.81. The number of halogens is 1. The SMILES string of the molecule is Cn1cc(C(=O)N2CCCC(c3cncc(Oc4ccccc4F)n3)C2)cn1. The van der Waals surface area contributed by atoms with Gasteiger partial charge in [0.05, 0.1) is 23.7 Å². The zero-order chi connectivity index (χ0) is 19.5. The van der Waals surface area contributed by atoms with Crippen molar-refractivity contribution in [1.29, 1.82) is 0 Å². The van der Waals surface area contributed by atoms with Crippen molar-refractivity contribution in [2.24, 2.45) is 7.05 Å². The number of amides is 1. The van der Waals surface area contributed by atoms with E-state index in [4.69, 9.17) is 4.74 Å². The number of ether oxygens (including phenoxy) is 1. The van der Waals surface area contributed by atoms with Crippen molar-refractivity contribution in [2.45, 2.75) is 18.8 Å². The monoisotopic (exact) mass is 381 g/mol. The van der Waals surface area contributed by atoms with Gasteiger partial charge < -0.3 is 9.64 Å². The lowest BCUT2D eigenvalue weighted by Gasteiger charge is -2.32. The molecule has 1 unspecified atom stereocenters. The van der Waals surface area contributed by atoms with Crippen LogP contribution < -0.4 is 4.74 Å². The van der Waals surface area contributed by atoms with Crippen LogP contribution in [0.3, 0.4) is 0 Å². The normalized spacial score (nSPS) is 16.8. The molecule has 1 fully saturated rings. The molecule has 0 spiro atoms. The first kappa shape index (κ1) is 18.1. The van der Waals surface area contributed by atoms with Gasteiger partial charge in [-0.1, -0.05) is 12.1 Å². The largest absolute Gasteiger partial charge is 0.434 e. The van der Waals surface area contributed by atoms with Gasteiger partial charge in [0.2, 0.25) is 5.88 Å². The van der Waals surface area contributed by atoms with Crippen LogP contribution in [0, 0.1) is 5.82 Å². The van der Waals surface area contributed by atoms with E-state index in [1.165, 1.54) is 12.3 Å². The van der Waals surface area contributed by atoms with Crippen LogP contribution in [0.1, 0.15) is 34.8 Å². The molecular weight excluding hydrogens is 361 g/mol. The van der Waals surface area contributed by atoms with Gasteiger partial charge in [-0.25, -0.2) is 9.37 Å². The number of aromatic nitrogens is 4.